The van der Waals surface area contributed by atoms with E-state index in [4.69, 9.17) is 0 Å². The van der Waals surface area contributed by atoms with Crippen molar-refractivity contribution in [3.8, 4) is 0 Å². The Kier molecular flexibility index (Phi) is 93.0. The molecule has 74 heavy (non-hydrogen) atoms. The van der Waals surface area contributed by atoms with Crippen LogP contribution in [-0.4, -0.2) is 70.0 Å². The van der Waals surface area contributed by atoms with Gasteiger partial charge in [0, 0.05) is 23.9 Å². The number of aliphatic carboxylic acids is 4. The normalized spacial score (nSPS) is 10.4. The van der Waals surface area contributed by atoms with Crippen LogP contribution >= 0.6 is 0 Å². The van der Waals surface area contributed by atoms with Gasteiger partial charge in [-0.05, 0) is 51.4 Å². The van der Waals surface area contributed by atoms with Gasteiger partial charge in [0.1, 0.15) is 0 Å². The van der Waals surface area contributed by atoms with Gasteiger partial charge < -0.3 is 39.6 Å². The Morgan fingerprint density at radius 3 is 0.338 bits per heavy atom. The molecule has 0 N–H and O–H groups in total. The quantitative estimate of drug-likeness (QED) is 0.0430. The summed E-state index contributed by atoms with van der Waals surface area (Å²) < 4.78 is 0. The molecule has 0 rings (SSSR count). The maximum atomic E-state index is 10.2. The van der Waals surface area contributed by atoms with Crippen LogP contribution in [0.2, 0.25) is 0 Å². The van der Waals surface area contributed by atoms with Gasteiger partial charge in [-0.25, -0.2) is 0 Å². The Labute approximate surface area is 493 Å². The summed E-state index contributed by atoms with van der Waals surface area (Å²) in [5.41, 5.74) is 0. The van der Waals surface area contributed by atoms with E-state index < -0.39 is 23.9 Å². The molecule has 0 aliphatic carbocycles. The average molecular weight is 1070 g/mol. The minimum absolute atomic E-state index is 0. The minimum Gasteiger partial charge on any atom is -0.550 e. The molecule has 0 aromatic rings. The monoisotopic (exact) mass is 1070 g/mol. The summed E-state index contributed by atoms with van der Waals surface area (Å²) in [6.45, 7) is 9.03. The average Bonchev–Trinajstić information content (AvgIpc) is 3.35. The Morgan fingerprint density at radius 1 is 0.176 bits per heavy atom. The number of rotatable bonds is 56. The van der Waals surface area contributed by atoms with Crippen molar-refractivity contribution in [1.82, 2.24) is 0 Å². The number of hydrogen-bond acceptors (Lipinski definition) is 8. The molecule has 0 aliphatic heterocycles. The second-order valence-electron chi connectivity index (χ2n) is 21.5. The smallest absolute Gasteiger partial charge is 0.550 e. The van der Waals surface area contributed by atoms with E-state index in [9.17, 15) is 39.6 Å². The van der Waals surface area contributed by atoms with E-state index in [1.54, 1.807) is 0 Å². The van der Waals surface area contributed by atoms with Gasteiger partial charge in [0.15, 0.2) is 0 Å². The van der Waals surface area contributed by atoms with Crippen molar-refractivity contribution in [3.63, 3.8) is 0 Å². The van der Waals surface area contributed by atoms with E-state index in [1.165, 1.54) is 283 Å². The van der Waals surface area contributed by atoms with E-state index >= 15 is 0 Å². The molecule has 0 aromatic heterocycles. The molecule has 0 heterocycles. The zero-order chi connectivity index (χ0) is 53.9. The van der Waals surface area contributed by atoms with E-state index in [0.29, 0.717) is 0 Å². The topological polar surface area (TPSA) is 161 Å². The van der Waals surface area contributed by atoms with Crippen LogP contribution in [0.1, 0.15) is 387 Å². The van der Waals surface area contributed by atoms with Gasteiger partial charge in [-0.15, -0.1) is 0 Å². The second kappa shape index (κ2) is 81.3. The standard InChI is InChI=1S/4C16H32O2.2Mg/c4*1-2-3-4-5-6-7-8-9-10-11-12-13-14-15-16(17)18;;/h4*2-15H2,1H3,(H,17,18);;/q;;;;2*+2/p-4. The minimum atomic E-state index is -0.905. The molecule has 0 spiro atoms. The molecule has 8 nitrogen and oxygen atoms in total. The Hall–Kier alpha value is -0.588. The van der Waals surface area contributed by atoms with Crippen LogP contribution in [0.4, 0.5) is 0 Å². The van der Waals surface area contributed by atoms with E-state index in [1.807, 2.05) is 0 Å². The number of carboxylic acid groups (broad SMARTS) is 4. The van der Waals surface area contributed by atoms with Gasteiger partial charge in [-0.1, -0.05) is 336 Å². The molecule has 0 saturated carbocycles. The molecule has 0 bridgehead atoms. The summed E-state index contributed by atoms with van der Waals surface area (Å²) in [6.07, 6.45) is 67.7. The fourth-order valence-corrected chi connectivity index (χ4v) is 9.15. The molecule has 0 saturated heterocycles. The number of carboxylic acids is 4. The summed E-state index contributed by atoms with van der Waals surface area (Å²) >= 11 is 0. The van der Waals surface area contributed by atoms with E-state index in [2.05, 4.69) is 27.7 Å². The fraction of sp³-hybridized carbons (Fsp3) is 0.938. The maximum Gasteiger partial charge on any atom is 2.00 e. The van der Waals surface area contributed by atoms with Gasteiger partial charge in [0.25, 0.3) is 0 Å². The van der Waals surface area contributed by atoms with Crippen LogP contribution in [0.5, 0.6) is 0 Å². The van der Waals surface area contributed by atoms with Crippen molar-refractivity contribution < 1.29 is 39.6 Å². The molecule has 432 valence electrons. The van der Waals surface area contributed by atoms with Crippen LogP contribution in [-0.2, 0) is 19.2 Å². The Balaban J connectivity index is -0.000000206. The number of carbonyl (C=O) groups excluding carboxylic acids is 4. The summed E-state index contributed by atoms with van der Waals surface area (Å²) in [6, 6.07) is 0. The predicted octanol–water partition coefficient (Wildman–Crippen LogP) is 16.1. The van der Waals surface area contributed by atoms with Crippen molar-refractivity contribution in [2.45, 2.75) is 387 Å². The third-order valence-corrected chi connectivity index (χ3v) is 13.9. The van der Waals surface area contributed by atoms with Crippen LogP contribution in [0.25, 0.3) is 0 Å². The van der Waals surface area contributed by atoms with Crippen molar-refractivity contribution >= 4 is 70.0 Å². The van der Waals surface area contributed by atoms with Gasteiger partial charge in [-0.3, -0.25) is 0 Å². The summed E-state index contributed by atoms with van der Waals surface area (Å²) in [5, 5.41) is 40.8. The SMILES string of the molecule is CCCCCCCCCCCCCCCC(=O)[O-].CCCCCCCCCCCCCCCC(=O)[O-].CCCCCCCCCCCCCCCC(=O)[O-].CCCCCCCCCCCCCCCC(=O)[O-].[Mg+2].[Mg+2]. The number of carbonyl (C=O) groups is 4. The van der Waals surface area contributed by atoms with Crippen LogP contribution in [0.15, 0.2) is 0 Å². The summed E-state index contributed by atoms with van der Waals surface area (Å²) in [4.78, 5) is 40.8. The third-order valence-electron chi connectivity index (χ3n) is 13.9. The zero-order valence-corrected chi connectivity index (χ0v) is 53.1. The zero-order valence-electron chi connectivity index (χ0n) is 50.3. The third kappa shape index (κ3) is 100. The Bertz CT molecular complexity index is 885. The molecule has 0 atom stereocenters. The molecule has 10 heteroatoms. The van der Waals surface area contributed by atoms with Crippen molar-refractivity contribution in [2.75, 3.05) is 0 Å². The largest absolute Gasteiger partial charge is 2.00 e. The first-order valence-corrected chi connectivity index (χ1v) is 31.9. The van der Waals surface area contributed by atoms with Crippen LogP contribution in [0, 0.1) is 0 Å². The number of unbranched alkanes of at least 4 members (excludes halogenated alkanes) is 48. The molecule has 0 fully saturated rings. The van der Waals surface area contributed by atoms with Crippen molar-refractivity contribution in [1.29, 1.82) is 0 Å². The Morgan fingerprint density at radius 2 is 0.257 bits per heavy atom. The van der Waals surface area contributed by atoms with Gasteiger partial charge in [0.2, 0.25) is 0 Å². The molecule has 0 aromatic carbocycles. The summed E-state index contributed by atoms with van der Waals surface area (Å²) in [5.74, 6) is -3.62. The summed E-state index contributed by atoms with van der Waals surface area (Å²) in [7, 11) is 0. The molecular weight excluding hydrogens is 945 g/mol. The molecular formula is C64H124Mg2O8. The second-order valence-corrected chi connectivity index (χ2v) is 21.5. The maximum absolute atomic E-state index is 10.2. The first kappa shape index (κ1) is 84.7. The van der Waals surface area contributed by atoms with Crippen molar-refractivity contribution in [3.05, 3.63) is 0 Å². The van der Waals surface area contributed by atoms with Crippen LogP contribution < -0.4 is 20.4 Å². The molecule has 0 unspecified atom stereocenters. The first-order valence-electron chi connectivity index (χ1n) is 31.9. The molecule has 0 radical (unpaired) electrons. The van der Waals surface area contributed by atoms with E-state index in [-0.39, 0.29) is 71.8 Å². The van der Waals surface area contributed by atoms with Gasteiger partial charge in [-0.2, -0.15) is 0 Å². The fourth-order valence-electron chi connectivity index (χ4n) is 9.15. The van der Waals surface area contributed by atoms with Crippen molar-refractivity contribution in [2.24, 2.45) is 0 Å². The number of hydrogen-bond donors (Lipinski definition) is 0. The first-order chi connectivity index (χ1) is 35.1. The van der Waals surface area contributed by atoms with Crippen LogP contribution in [0.3, 0.4) is 0 Å². The van der Waals surface area contributed by atoms with Gasteiger partial charge in [0.05, 0.1) is 0 Å². The molecule has 0 aliphatic rings. The predicted molar refractivity (Wildman–Crippen MR) is 313 cm³/mol. The molecule has 0 amide bonds. The van der Waals surface area contributed by atoms with Gasteiger partial charge >= 0.3 is 46.1 Å². The van der Waals surface area contributed by atoms with E-state index in [0.717, 1.165) is 51.4 Å².